The Morgan fingerprint density at radius 3 is 2.44 bits per heavy atom. The highest BCUT2D eigenvalue weighted by Crippen LogP contribution is 2.38. The number of hydrogen-bond acceptors (Lipinski definition) is 7. The number of carbonyl (C=O) groups excluding carboxylic acids is 1. The Kier molecular flexibility index (Phi) is 8.47. The number of rotatable bonds is 9. The highest BCUT2D eigenvalue weighted by Gasteiger charge is 2.33. The third kappa shape index (κ3) is 5.49. The first kappa shape index (κ1) is 25.9. The van der Waals surface area contributed by atoms with Gasteiger partial charge in [0, 0.05) is 11.6 Å². The lowest BCUT2D eigenvalue weighted by Gasteiger charge is -2.29. The van der Waals surface area contributed by atoms with E-state index in [4.69, 9.17) is 9.47 Å². The smallest absolute Gasteiger partial charge is 0.234 e. The van der Waals surface area contributed by atoms with Gasteiger partial charge in [0.25, 0.3) is 0 Å². The number of carbonyl (C=O) groups is 1. The van der Waals surface area contributed by atoms with Gasteiger partial charge in [0.1, 0.15) is 5.54 Å². The van der Waals surface area contributed by atoms with Crippen LogP contribution < -0.4 is 14.8 Å². The second kappa shape index (κ2) is 11.1. The van der Waals surface area contributed by atoms with Crippen LogP contribution in [0.2, 0.25) is 0 Å². The lowest BCUT2D eigenvalue weighted by atomic mass is 9.90. The number of ether oxygens (including phenoxy) is 2. The van der Waals surface area contributed by atoms with E-state index in [9.17, 15) is 10.1 Å². The van der Waals surface area contributed by atoms with E-state index in [0.29, 0.717) is 16.7 Å². The molecular formula is C25H35N5O3S. The summed E-state index contributed by atoms with van der Waals surface area (Å²) in [5.74, 6) is 1.84. The van der Waals surface area contributed by atoms with Crippen molar-refractivity contribution in [2.24, 2.45) is 5.92 Å². The molecule has 2 unspecified atom stereocenters. The van der Waals surface area contributed by atoms with Crippen LogP contribution in [0.1, 0.15) is 65.8 Å². The topological polar surface area (TPSA) is 102 Å². The molecule has 0 saturated heterocycles. The van der Waals surface area contributed by atoms with Gasteiger partial charge in [-0.15, -0.1) is 10.2 Å². The molecule has 1 aliphatic rings. The van der Waals surface area contributed by atoms with E-state index in [1.807, 2.05) is 39.0 Å². The first-order valence-corrected chi connectivity index (χ1v) is 12.7. The van der Waals surface area contributed by atoms with Gasteiger partial charge < -0.3 is 14.8 Å². The minimum Gasteiger partial charge on any atom is -0.493 e. The summed E-state index contributed by atoms with van der Waals surface area (Å²) in [6, 6.07) is 8.24. The van der Waals surface area contributed by atoms with Gasteiger partial charge in [-0.05, 0) is 50.8 Å². The standard InChI is InChI=1S/C25H35N5O3S/c1-16(2)25(4,15-26)27-23(31)17(3)34-24-29-28-22(30(24)19-10-8-7-9-11-19)18-12-13-20(32-5)21(14-18)33-6/h12-14,16-17,19H,7-11H2,1-6H3,(H,27,31). The fraction of sp³-hybridized carbons (Fsp3) is 0.600. The largest absolute Gasteiger partial charge is 0.493 e. The predicted molar refractivity (Wildman–Crippen MR) is 133 cm³/mol. The van der Waals surface area contributed by atoms with E-state index in [2.05, 4.69) is 26.2 Å². The average molecular weight is 486 g/mol. The molecule has 0 aliphatic heterocycles. The van der Waals surface area contributed by atoms with E-state index in [1.54, 1.807) is 21.1 Å². The van der Waals surface area contributed by atoms with E-state index in [-0.39, 0.29) is 17.9 Å². The van der Waals surface area contributed by atoms with Gasteiger partial charge in [0.15, 0.2) is 22.5 Å². The molecule has 0 bridgehead atoms. The maximum Gasteiger partial charge on any atom is 0.234 e. The lowest BCUT2D eigenvalue weighted by molar-refractivity contribution is -0.121. The number of aromatic nitrogens is 3. The Balaban J connectivity index is 1.93. The molecule has 34 heavy (non-hydrogen) atoms. The maximum atomic E-state index is 13.0. The number of hydrogen-bond donors (Lipinski definition) is 1. The summed E-state index contributed by atoms with van der Waals surface area (Å²) in [6.07, 6.45) is 5.64. The summed E-state index contributed by atoms with van der Waals surface area (Å²) in [7, 11) is 3.22. The van der Waals surface area contributed by atoms with Crippen molar-refractivity contribution in [3.05, 3.63) is 18.2 Å². The van der Waals surface area contributed by atoms with Crippen LogP contribution in [-0.4, -0.2) is 45.7 Å². The van der Waals surface area contributed by atoms with Crippen LogP contribution in [-0.2, 0) is 4.79 Å². The molecule has 8 nitrogen and oxygen atoms in total. The zero-order chi connectivity index (χ0) is 24.9. The average Bonchev–Trinajstić information content (AvgIpc) is 3.27. The molecule has 0 spiro atoms. The van der Waals surface area contributed by atoms with Crippen molar-refractivity contribution in [2.45, 2.75) is 81.8 Å². The third-order valence-electron chi connectivity index (χ3n) is 6.67. The molecule has 1 saturated carbocycles. The number of thioether (sulfide) groups is 1. The van der Waals surface area contributed by atoms with Crippen molar-refractivity contribution in [3.63, 3.8) is 0 Å². The van der Waals surface area contributed by atoms with Gasteiger partial charge >= 0.3 is 0 Å². The van der Waals surface area contributed by atoms with Gasteiger partial charge in [0.2, 0.25) is 5.91 Å². The van der Waals surface area contributed by atoms with Crippen molar-refractivity contribution >= 4 is 17.7 Å². The van der Waals surface area contributed by atoms with Crippen molar-refractivity contribution < 1.29 is 14.3 Å². The lowest BCUT2D eigenvalue weighted by Crippen LogP contribution is -2.51. The van der Waals surface area contributed by atoms with E-state index in [0.717, 1.165) is 37.1 Å². The number of methoxy groups -OCH3 is 2. The second-order valence-electron chi connectivity index (χ2n) is 9.26. The van der Waals surface area contributed by atoms with Crippen molar-refractivity contribution in [1.82, 2.24) is 20.1 Å². The fourth-order valence-corrected chi connectivity index (χ4v) is 4.99. The molecule has 1 N–H and O–H groups in total. The van der Waals surface area contributed by atoms with Crippen LogP contribution in [0.5, 0.6) is 11.5 Å². The summed E-state index contributed by atoms with van der Waals surface area (Å²) >= 11 is 1.38. The van der Waals surface area contributed by atoms with Gasteiger partial charge in [-0.1, -0.05) is 44.9 Å². The zero-order valence-corrected chi connectivity index (χ0v) is 21.7. The molecule has 1 aliphatic carbocycles. The predicted octanol–water partition coefficient (Wildman–Crippen LogP) is 5.00. The van der Waals surface area contributed by atoms with Gasteiger partial charge in [-0.3, -0.25) is 9.36 Å². The summed E-state index contributed by atoms with van der Waals surface area (Å²) in [4.78, 5) is 13.0. The molecule has 0 radical (unpaired) electrons. The molecule has 1 heterocycles. The summed E-state index contributed by atoms with van der Waals surface area (Å²) in [5.41, 5.74) is -0.0372. The van der Waals surface area contributed by atoms with Crippen molar-refractivity contribution in [1.29, 1.82) is 5.26 Å². The highest BCUT2D eigenvalue weighted by atomic mass is 32.2. The van der Waals surface area contributed by atoms with Crippen LogP contribution in [0.15, 0.2) is 23.4 Å². The fourth-order valence-electron chi connectivity index (χ4n) is 4.07. The molecular weight excluding hydrogens is 450 g/mol. The minimum absolute atomic E-state index is 0.0128. The Bertz CT molecular complexity index is 1040. The first-order chi connectivity index (χ1) is 16.2. The molecule has 3 rings (SSSR count). The third-order valence-corrected chi connectivity index (χ3v) is 7.72. The zero-order valence-electron chi connectivity index (χ0n) is 20.9. The van der Waals surface area contributed by atoms with Crippen LogP contribution in [0.25, 0.3) is 11.4 Å². The number of nitrogens with one attached hydrogen (secondary N) is 1. The summed E-state index contributed by atoms with van der Waals surface area (Å²) < 4.78 is 13.1. The Hall–Kier alpha value is -2.73. The van der Waals surface area contributed by atoms with Crippen LogP contribution in [0, 0.1) is 17.2 Å². The minimum atomic E-state index is -0.923. The number of benzene rings is 1. The highest BCUT2D eigenvalue weighted by molar-refractivity contribution is 8.00. The SMILES string of the molecule is COc1ccc(-c2nnc(SC(C)C(=O)NC(C)(C#N)C(C)C)n2C2CCCCC2)cc1OC. The number of nitriles is 1. The van der Waals surface area contributed by atoms with Gasteiger partial charge in [-0.25, -0.2) is 0 Å². The normalized spacial score (nSPS) is 17.0. The molecule has 1 aromatic heterocycles. The molecule has 2 atom stereocenters. The van der Waals surface area contributed by atoms with E-state index in [1.165, 1.54) is 18.2 Å². The van der Waals surface area contributed by atoms with E-state index >= 15 is 0 Å². The van der Waals surface area contributed by atoms with Crippen molar-refractivity contribution in [3.8, 4) is 29.0 Å². The second-order valence-corrected chi connectivity index (χ2v) is 10.6. The first-order valence-electron chi connectivity index (χ1n) is 11.8. The summed E-state index contributed by atoms with van der Waals surface area (Å²) in [6.45, 7) is 7.45. The molecule has 1 amide bonds. The van der Waals surface area contributed by atoms with Gasteiger partial charge in [0.05, 0.1) is 25.5 Å². The maximum absolute atomic E-state index is 13.0. The Morgan fingerprint density at radius 1 is 1.18 bits per heavy atom. The molecule has 1 fully saturated rings. The number of amides is 1. The monoisotopic (exact) mass is 485 g/mol. The van der Waals surface area contributed by atoms with Crippen molar-refractivity contribution in [2.75, 3.05) is 14.2 Å². The quantitative estimate of drug-likeness (QED) is 0.499. The van der Waals surface area contributed by atoms with E-state index < -0.39 is 10.8 Å². The van der Waals surface area contributed by atoms with Crippen LogP contribution >= 0.6 is 11.8 Å². The molecule has 9 heteroatoms. The number of nitrogens with zero attached hydrogens (tertiary/aromatic N) is 4. The Labute approximate surface area is 206 Å². The molecule has 184 valence electrons. The van der Waals surface area contributed by atoms with Gasteiger partial charge in [-0.2, -0.15) is 5.26 Å². The molecule has 2 aromatic rings. The Morgan fingerprint density at radius 2 is 1.85 bits per heavy atom. The summed E-state index contributed by atoms with van der Waals surface area (Å²) in [5, 5.41) is 21.8. The van der Waals surface area contributed by atoms with Crippen LogP contribution in [0.4, 0.5) is 0 Å². The molecule has 1 aromatic carbocycles. The van der Waals surface area contributed by atoms with Crippen LogP contribution in [0.3, 0.4) is 0 Å².